The van der Waals surface area contributed by atoms with Crippen LogP contribution in [0.25, 0.3) is 11.2 Å². The summed E-state index contributed by atoms with van der Waals surface area (Å²) in [6.07, 6.45) is 9.03. The fraction of sp³-hybridized carbons (Fsp3) is 0.741. The topological polar surface area (TPSA) is 147 Å². The predicted octanol–water partition coefficient (Wildman–Crippen LogP) is 3.38. The van der Waals surface area contributed by atoms with Gasteiger partial charge in [0.2, 0.25) is 0 Å². The molecule has 2 aromatic heterocycles. The number of carbonyl (C=O) groups excluding carboxylic acids is 2. The fourth-order valence-corrected chi connectivity index (χ4v) is 6.88. The Balaban J connectivity index is 2.10. The van der Waals surface area contributed by atoms with Crippen molar-refractivity contribution in [2.45, 2.75) is 111 Å². The van der Waals surface area contributed by atoms with Crippen LogP contribution in [0.5, 0.6) is 0 Å². The minimum absolute atomic E-state index is 0.285. The third kappa shape index (κ3) is 11.8. The van der Waals surface area contributed by atoms with E-state index in [1.807, 2.05) is 11.5 Å². The molecule has 0 aliphatic carbocycles. The quantitative estimate of drug-likeness (QED) is 0.0936. The third-order valence-corrected chi connectivity index (χ3v) is 9.25. The number of unbranched alkanes of at least 4 members (excludes halogenated alkanes) is 5. The van der Waals surface area contributed by atoms with Crippen LogP contribution in [0.2, 0.25) is 0 Å². The van der Waals surface area contributed by atoms with E-state index in [9.17, 15) is 14.2 Å². The Morgan fingerprint density at radius 1 is 1.02 bits per heavy atom. The van der Waals surface area contributed by atoms with Crippen LogP contribution in [0.3, 0.4) is 0 Å². The first-order chi connectivity index (χ1) is 19.4. The number of nitrogens with one attached hydrogen (secondary N) is 2. The molecule has 2 radical (unpaired) electrons. The van der Waals surface area contributed by atoms with Gasteiger partial charge in [-0.15, -0.1) is 0 Å². The van der Waals surface area contributed by atoms with Crippen LogP contribution in [0.1, 0.15) is 86.5 Å². The van der Waals surface area contributed by atoms with Gasteiger partial charge in [0.1, 0.15) is 0 Å². The SMILES string of the molecule is CCCCCCOC(=O)C(C)(C)N[P@@](=O)(CO[C@H](C)Cn1cnc2c([As])ncnc21)N[C@H](C)C(=O)OCCCCC. The van der Waals surface area contributed by atoms with Crippen molar-refractivity contribution < 1.29 is 28.4 Å². The van der Waals surface area contributed by atoms with E-state index in [2.05, 4.69) is 55.8 Å². The summed E-state index contributed by atoms with van der Waals surface area (Å²) in [6, 6.07) is -0.898. The zero-order chi connectivity index (χ0) is 30.5. The molecule has 2 N–H and O–H groups in total. The second-order valence-electron chi connectivity index (χ2n) is 10.8. The predicted molar refractivity (Wildman–Crippen MR) is 159 cm³/mol. The molecular weight excluding hydrogens is 610 g/mol. The molecule has 0 unspecified atom stereocenters. The van der Waals surface area contributed by atoms with Crippen LogP contribution in [-0.2, 0) is 34.9 Å². The van der Waals surface area contributed by atoms with Gasteiger partial charge in [-0.2, -0.15) is 0 Å². The van der Waals surface area contributed by atoms with E-state index in [-0.39, 0.29) is 13.0 Å². The van der Waals surface area contributed by atoms with Crippen LogP contribution in [-0.4, -0.2) is 85.6 Å². The van der Waals surface area contributed by atoms with Gasteiger partial charge < -0.3 is 9.47 Å². The van der Waals surface area contributed by atoms with Crippen molar-refractivity contribution in [3.05, 3.63) is 12.7 Å². The maximum atomic E-state index is 14.2. The van der Waals surface area contributed by atoms with Crippen LogP contribution in [0.4, 0.5) is 0 Å². The Morgan fingerprint density at radius 3 is 2.39 bits per heavy atom. The molecule has 0 saturated carbocycles. The summed E-state index contributed by atoms with van der Waals surface area (Å²) in [4.78, 5) is 38.4. The number of aromatic nitrogens is 4. The minimum Gasteiger partial charge on any atom is -0.465 e. The zero-order valence-electron chi connectivity index (χ0n) is 25.2. The van der Waals surface area contributed by atoms with Gasteiger partial charge in [0.15, 0.2) is 0 Å². The summed E-state index contributed by atoms with van der Waals surface area (Å²) in [5.74, 6) is -1.05. The zero-order valence-corrected chi connectivity index (χ0v) is 28.0. The van der Waals surface area contributed by atoms with E-state index in [1.165, 1.54) is 6.33 Å². The number of nitrogens with zero attached hydrogens (tertiary/aromatic N) is 4. The van der Waals surface area contributed by atoms with Gasteiger partial charge in [-0.3, -0.25) is 9.59 Å². The maximum absolute atomic E-state index is 14.2. The van der Waals surface area contributed by atoms with Gasteiger partial charge in [-0.1, -0.05) is 46.0 Å². The van der Waals surface area contributed by atoms with Crippen molar-refractivity contribution in [1.82, 2.24) is 29.7 Å². The molecule has 0 amide bonds. The summed E-state index contributed by atoms with van der Waals surface area (Å²) in [5, 5.41) is 5.81. The second kappa shape index (κ2) is 17.3. The van der Waals surface area contributed by atoms with E-state index < -0.39 is 37.1 Å². The number of fused-ring (bicyclic) bond motifs is 1. The second-order valence-corrected chi connectivity index (χ2v) is 13.9. The fourth-order valence-electron chi connectivity index (χ4n) is 4.05. The standard InChI is InChI=1S/C27H46AsN6O6P/c1-7-9-11-13-15-39-26(36)27(5,6)33-41(37,32-21(4)25(35)38-14-12-10-8-2)19-40-20(3)16-34-18-31-22-23(28)29-17-30-24(22)34/h17-18,20-21H,7-16,19H2,1-6H3,(H2,32,33,37)/t20-,21-,41-/m1/s1. The van der Waals surface area contributed by atoms with Crippen molar-refractivity contribution in [3.8, 4) is 0 Å². The number of rotatable bonds is 20. The van der Waals surface area contributed by atoms with Gasteiger partial charge in [-0.25, -0.2) is 0 Å². The van der Waals surface area contributed by atoms with E-state index in [1.54, 1.807) is 27.1 Å². The first-order valence-electron chi connectivity index (χ1n) is 14.4. The van der Waals surface area contributed by atoms with Crippen molar-refractivity contribution in [1.29, 1.82) is 0 Å². The molecule has 0 aliphatic rings. The molecule has 3 atom stereocenters. The molecule has 230 valence electrons. The average Bonchev–Trinajstić information content (AvgIpc) is 3.33. The molecule has 0 fully saturated rings. The third-order valence-electron chi connectivity index (χ3n) is 6.33. The molecule has 2 rings (SSSR count). The molecule has 0 aromatic carbocycles. The summed E-state index contributed by atoms with van der Waals surface area (Å²) in [6.45, 7) is 11.8. The molecule has 2 aromatic rings. The molecule has 0 bridgehead atoms. The number of esters is 2. The Hall–Kier alpha value is -1.84. The van der Waals surface area contributed by atoms with Crippen LogP contribution in [0, 0.1) is 0 Å². The van der Waals surface area contributed by atoms with Gasteiger partial charge in [0.25, 0.3) is 0 Å². The molecule has 0 saturated heterocycles. The van der Waals surface area contributed by atoms with Crippen molar-refractivity contribution >= 4 is 51.9 Å². The Morgan fingerprint density at radius 2 is 1.68 bits per heavy atom. The summed E-state index contributed by atoms with van der Waals surface area (Å²) in [5.41, 5.74) is 0.0282. The van der Waals surface area contributed by atoms with E-state index in [0.717, 1.165) is 44.9 Å². The smallest absolute Gasteiger partial charge is 0.465 e. The molecular formula is C27H46AsN6O6P. The summed E-state index contributed by atoms with van der Waals surface area (Å²) in [7, 11) is -3.68. The van der Waals surface area contributed by atoms with Crippen molar-refractivity contribution in [2.24, 2.45) is 0 Å². The van der Waals surface area contributed by atoms with Gasteiger partial charge >= 0.3 is 162 Å². The molecule has 0 aliphatic heterocycles. The number of carbonyl (C=O) groups is 2. The first kappa shape index (κ1) is 35.4. The van der Waals surface area contributed by atoms with Gasteiger partial charge in [0.05, 0.1) is 13.2 Å². The average molecular weight is 657 g/mol. The number of ether oxygens (including phenoxy) is 3. The summed E-state index contributed by atoms with van der Waals surface area (Å²) < 4.78 is 33.6. The van der Waals surface area contributed by atoms with Gasteiger partial charge in [-0.05, 0) is 12.8 Å². The molecule has 2 heterocycles. The van der Waals surface area contributed by atoms with Crippen LogP contribution >= 0.6 is 7.44 Å². The molecule has 12 nitrogen and oxygen atoms in total. The normalized spacial score (nSPS) is 14.9. The number of hydrogen-bond donors (Lipinski definition) is 2. The van der Waals surface area contributed by atoms with E-state index in [0.29, 0.717) is 28.8 Å². The molecule has 0 spiro atoms. The summed E-state index contributed by atoms with van der Waals surface area (Å²) >= 11 is 2.37. The monoisotopic (exact) mass is 656 g/mol. The van der Waals surface area contributed by atoms with E-state index >= 15 is 0 Å². The van der Waals surface area contributed by atoms with Crippen LogP contribution in [0.15, 0.2) is 12.7 Å². The number of imidazole rings is 1. The molecule has 41 heavy (non-hydrogen) atoms. The minimum atomic E-state index is -3.68. The van der Waals surface area contributed by atoms with Gasteiger partial charge in [0, 0.05) is 0 Å². The Kier molecular flexibility index (Phi) is 14.9. The molecule has 14 heteroatoms. The van der Waals surface area contributed by atoms with E-state index in [4.69, 9.17) is 14.2 Å². The Labute approximate surface area is 252 Å². The van der Waals surface area contributed by atoms with Crippen LogP contribution < -0.4 is 14.7 Å². The number of hydrogen-bond acceptors (Lipinski definition) is 9. The Bertz CT molecular complexity index is 1160. The van der Waals surface area contributed by atoms with Crippen molar-refractivity contribution in [3.63, 3.8) is 0 Å². The first-order valence-corrected chi connectivity index (χ1v) is 17.2. The van der Waals surface area contributed by atoms with Crippen molar-refractivity contribution in [2.75, 3.05) is 19.6 Å².